The summed E-state index contributed by atoms with van der Waals surface area (Å²) in [6.07, 6.45) is 1.61. The van der Waals surface area contributed by atoms with E-state index in [1.165, 1.54) is 0 Å². The minimum absolute atomic E-state index is 0.0272. The van der Waals surface area contributed by atoms with Gasteiger partial charge in [0.15, 0.2) is 11.6 Å². The number of hydrogen-bond acceptors (Lipinski definition) is 2. The normalized spacial score (nSPS) is 20.9. The number of benzene rings is 1. The number of nitrogens with one attached hydrogen (secondary N) is 1. The third-order valence-electron chi connectivity index (χ3n) is 2.59. The van der Waals surface area contributed by atoms with E-state index < -0.39 is 11.6 Å². The van der Waals surface area contributed by atoms with Crippen molar-refractivity contribution < 1.29 is 13.9 Å². The van der Waals surface area contributed by atoms with E-state index in [2.05, 4.69) is 21.2 Å². The number of aromatic hydroxyl groups is 1. The predicted molar refractivity (Wildman–Crippen MR) is 55.7 cm³/mol. The van der Waals surface area contributed by atoms with Crippen molar-refractivity contribution in [3.63, 3.8) is 0 Å². The standard InChI is InChI=1S/C10H10BrF2NO/c11-5-4-6(12)9(13)8(10(5)15)7-2-1-3-14-7/h4,7,14-15H,1-3H2/t7-/m0/s1. The number of hydrogen-bond donors (Lipinski definition) is 2. The molecule has 1 aromatic rings. The SMILES string of the molecule is Oc1c(Br)cc(F)c(F)c1[C@@H]1CCCN1. The Morgan fingerprint density at radius 2 is 2.20 bits per heavy atom. The first-order chi connectivity index (χ1) is 7.11. The van der Waals surface area contributed by atoms with E-state index in [4.69, 9.17) is 0 Å². The van der Waals surface area contributed by atoms with Crippen LogP contribution in [0.5, 0.6) is 5.75 Å². The van der Waals surface area contributed by atoms with Gasteiger partial charge in [0, 0.05) is 6.04 Å². The Morgan fingerprint density at radius 3 is 2.80 bits per heavy atom. The summed E-state index contributed by atoms with van der Waals surface area (Å²) in [7, 11) is 0. The Balaban J connectivity index is 2.52. The van der Waals surface area contributed by atoms with Gasteiger partial charge in [0.05, 0.1) is 10.0 Å². The van der Waals surface area contributed by atoms with Crippen LogP contribution in [-0.2, 0) is 0 Å². The predicted octanol–water partition coefficient (Wildman–Crippen LogP) is 2.86. The zero-order valence-electron chi connectivity index (χ0n) is 7.86. The van der Waals surface area contributed by atoms with Gasteiger partial charge < -0.3 is 10.4 Å². The van der Waals surface area contributed by atoms with Crippen LogP contribution in [0.1, 0.15) is 24.4 Å². The van der Waals surface area contributed by atoms with Gasteiger partial charge in [0.2, 0.25) is 0 Å². The zero-order chi connectivity index (χ0) is 11.0. The highest BCUT2D eigenvalue weighted by Crippen LogP contribution is 2.38. The average Bonchev–Trinajstić information content (AvgIpc) is 2.69. The van der Waals surface area contributed by atoms with Crippen LogP contribution in [0.4, 0.5) is 8.78 Å². The van der Waals surface area contributed by atoms with Crippen molar-refractivity contribution in [2.75, 3.05) is 6.54 Å². The lowest BCUT2D eigenvalue weighted by molar-refractivity contribution is 0.421. The van der Waals surface area contributed by atoms with Crippen molar-refractivity contribution in [1.29, 1.82) is 0 Å². The Hall–Kier alpha value is -0.680. The highest BCUT2D eigenvalue weighted by molar-refractivity contribution is 9.10. The second-order valence-corrected chi connectivity index (χ2v) is 4.42. The summed E-state index contributed by atoms with van der Waals surface area (Å²) in [5.41, 5.74) is 0.0272. The minimum Gasteiger partial charge on any atom is -0.506 e. The number of phenols is 1. The molecule has 2 rings (SSSR count). The van der Waals surface area contributed by atoms with Gasteiger partial charge in [-0.25, -0.2) is 8.78 Å². The maximum Gasteiger partial charge on any atom is 0.167 e. The summed E-state index contributed by atoms with van der Waals surface area (Å²) in [6, 6.07) is 0.639. The lowest BCUT2D eigenvalue weighted by atomic mass is 10.0. The van der Waals surface area contributed by atoms with Crippen molar-refractivity contribution in [3.05, 3.63) is 27.7 Å². The van der Waals surface area contributed by atoms with E-state index in [1.807, 2.05) is 0 Å². The minimum atomic E-state index is -0.963. The highest BCUT2D eigenvalue weighted by Gasteiger charge is 2.26. The van der Waals surface area contributed by atoms with Gasteiger partial charge in [0.1, 0.15) is 5.75 Å². The van der Waals surface area contributed by atoms with Gasteiger partial charge in [0.25, 0.3) is 0 Å². The van der Waals surface area contributed by atoms with E-state index in [1.54, 1.807) is 0 Å². The molecule has 1 aliphatic heterocycles. The molecule has 1 aromatic carbocycles. The number of halogens is 3. The van der Waals surface area contributed by atoms with Crippen LogP contribution < -0.4 is 5.32 Å². The third kappa shape index (κ3) is 1.86. The first kappa shape index (κ1) is 10.8. The number of rotatable bonds is 1. The molecule has 0 spiro atoms. The topological polar surface area (TPSA) is 32.3 Å². The molecule has 0 amide bonds. The fourth-order valence-electron chi connectivity index (χ4n) is 1.85. The van der Waals surface area contributed by atoms with Crippen LogP contribution in [0.3, 0.4) is 0 Å². The molecule has 5 heteroatoms. The Labute approximate surface area is 94.4 Å². The van der Waals surface area contributed by atoms with Gasteiger partial charge in [-0.15, -0.1) is 0 Å². The van der Waals surface area contributed by atoms with Crippen molar-refractivity contribution in [1.82, 2.24) is 5.32 Å². The molecule has 0 radical (unpaired) electrons. The van der Waals surface area contributed by atoms with E-state index in [-0.39, 0.29) is 21.8 Å². The molecular weight excluding hydrogens is 268 g/mol. The number of phenolic OH excluding ortho intramolecular Hbond substituents is 1. The van der Waals surface area contributed by atoms with Crippen LogP contribution in [0.25, 0.3) is 0 Å². The molecule has 0 saturated carbocycles. The first-order valence-electron chi connectivity index (χ1n) is 4.71. The Bertz CT molecular complexity index is 365. The summed E-state index contributed by atoms with van der Waals surface area (Å²) in [6.45, 7) is 0.762. The molecule has 1 heterocycles. The molecule has 1 fully saturated rings. The smallest absolute Gasteiger partial charge is 0.167 e. The maximum atomic E-state index is 13.5. The second kappa shape index (κ2) is 4.06. The van der Waals surface area contributed by atoms with Gasteiger partial charge in [-0.05, 0) is 41.4 Å². The molecule has 82 valence electrons. The maximum absolute atomic E-state index is 13.5. The summed E-state index contributed by atoms with van der Waals surface area (Å²) in [5.74, 6) is -2.12. The zero-order valence-corrected chi connectivity index (χ0v) is 9.44. The average molecular weight is 278 g/mol. The Morgan fingerprint density at radius 1 is 1.47 bits per heavy atom. The summed E-state index contributed by atoms with van der Waals surface area (Å²) in [5, 5.41) is 12.7. The monoisotopic (exact) mass is 277 g/mol. The molecule has 15 heavy (non-hydrogen) atoms. The first-order valence-corrected chi connectivity index (χ1v) is 5.50. The molecule has 1 atom stereocenters. The molecular formula is C10H10BrF2NO. The van der Waals surface area contributed by atoms with Crippen LogP contribution in [0, 0.1) is 11.6 Å². The van der Waals surface area contributed by atoms with E-state index in [9.17, 15) is 13.9 Å². The van der Waals surface area contributed by atoms with E-state index in [0.717, 1.165) is 19.0 Å². The molecule has 0 aliphatic carbocycles. The third-order valence-corrected chi connectivity index (χ3v) is 3.19. The molecule has 0 unspecified atom stereocenters. The fourth-order valence-corrected chi connectivity index (χ4v) is 2.27. The lowest BCUT2D eigenvalue weighted by Crippen LogP contribution is -2.15. The lowest BCUT2D eigenvalue weighted by Gasteiger charge is -2.15. The molecule has 2 N–H and O–H groups in total. The summed E-state index contributed by atoms with van der Waals surface area (Å²) in [4.78, 5) is 0. The van der Waals surface area contributed by atoms with Crippen LogP contribution in [0.15, 0.2) is 10.5 Å². The van der Waals surface area contributed by atoms with Crippen molar-refractivity contribution in [3.8, 4) is 5.75 Å². The summed E-state index contributed by atoms with van der Waals surface area (Å²) < 4.78 is 26.8. The van der Waals surface area contributed by atoms with Crippen molar-refractivity contribution >= 4 is 15.9 Å². The van der Waals surface area contributed by atoms with Crippen LogP contribution in [0.2, 0.25) is 0 Å². The Kier molecular flexibility index (Phi) is 2.93. The van der Waals surface area contributed by atoms with Gasteiger partial charge in [-0.1, -0.05) is 0 Å². The van der Waals surface area contributed by atoms with Gasteiger partial charge in [-0.2, -0.15) is 0 Å². The molecule has 0 bridgehead atoms. The van der Waals surface area contributed by atoms with Crippen molar-refractivity contribution in [2.24, 2.45) is 0 Å². The van der Waals surface area contributed by atoms with E-state index >= 15 is 0 Å². The molecule has 0 aromatic heterocycles. The molecule has 1 aliphatic rings. The van der Waals surface area contributed by atoms with Crippen LogP contribution in [-0.4, -0.2) is 11.7 Å². The second-order valence-electron chi connectivity index (χ2n) is 3.57. The van der Waals surface area contributed by atoms with Gasteiger partial charge >= 0.3 is 0 Å². The quantitative estimate of drug-likeness (QED) is 0.774. The van der Waals surface area contributed by atoms with Crippen molar-refractivity contribution in [2.45, 2.75) is 18.9 Å². The van der Waals surface area contributed by atoms with Gasteiger partial charge in [-0.3, -0.25) is 0 Å². The summed E-state index contributed by atoms with van der Waals surface area (Å²) >= 11 is 2.99. The fraction of sp³-hybridized carbons (Fsp3) is 0.400. The molecule has 1 saturated heterocycles. The highest BCUT2D eigenvalue weighted by atomic mass is 79.9. The van der Waals surface area contributed by atoms with Crippen LogP contribution >= 0.6 is 15.9 Å². The largest absolute Gasteiger partial charge is 0.506 e. The van der Waals surface area contributed by atoms with E-state index in [0.29, 0.717) is 6.42 Å². The molecule has 2 nitrogen and oxygen atoms in total.